The molecule has 24 heavy (non-hydrogen) atoms. The van der Waals surface area contributed by atoms with E-state index in [-0.39, 0.29) is 11.1 Å². The summed E-state index contributed by atoms with van der Waals surface area (Å²) in [5.74, 6) is -0.878. The van der Waals surface area contributed by atoms with Gasteiger partial charge in [-0.15, -0.1) is 0 Å². The lowest BCUT2D eigenvalue weighted by Gasteiger charge is -2.21. The van der Waals surface area contributed by atoms with Gasteiger partial charge in [0.15, 0.2) is 0 Å². The Balaban J connectivity index is 2.89. The molecule has 1 aromatic heterocycles. The van der Waals surface area contributed by atoms with Gasteiger partial charge in [-0.05, 0) is 12.5 Å². The van der Waals surface area contributed by atoms with E-state index in [2.05, 4.69) is 4.98 Å². The lowest BCUT2D eigenvalue weighted by molar-refractivity contribution is 0.0554. The number of anilines is 1. The van der Waals surface area contributed by atoms with Crippen LogP contribution in [0.1, 0.15) is 26.3 Å². The molecular formula is C18H20N2O4. The first-order valence-electron chi connectivity index (χ1n) is 7.36. The van der Waals surface area contributed by atoms with Crippen molar-refractivity contribution in [2.75, 3.05) is 33.2 Å². The normalized spacial score (nSPS) is 10.2. The molecule has 0 saturated heterocycles. The fourth-order valence-electron chi connectivity index (χ4n) is 2.52. The Morgan fingerprint density at radius 1 is 0.958 bits per heavy atom. The van der Waals surface area contributed by atoms with E-state index in [1.54, 1.807) is 25.9 Å². The fraction of sp³-hybridized carbons (Fsp3) is 0.278. The van der Waals surface area contributed by atoms with Crippen LogP contribution in [0.2, 0.25) is 0 Å². The molecule has 126 valence electrons. The van der Waals surface area contributed by atoms with Gasteiger partial charge in [0.25, 0.3) is 0 Å². The van der Waals surface area contributed by atoms with Gasteiger partial charge in [0, 0.05) is 19.7 Å². The number of methoxy groups -OCH3 is 2. The molecule has 0 spiro atoms. The van der Waals surface area contributed by atoms with E-state index < -0.39 is 11.9 Å². The smallest absolute Gasteiger partial charge is 0.342 e. The monoisotopic (exact) mass is 328 g/mol. The molecule has 0 bridgehead atoms. The van der Waals surface area contributed by atoms with Crippen molar-refractivity contribution in [3.8, 4) is 11.3 Å². The molecule has 0 fully saturated rings. The first kappa shape index (κ1) is 17.5. The molecule has 0 aliphatic heterocycles. The zero-order valence-electron chi connectivity index (χ0n) is 14.4. The van der Waals surface area contributed by atoms with Crippen LogP contribution >= 0.6 is 0 Å². The molecule has 1 heterocycles. The number of hydrogen-bond acceptors (Lipinski definition) is 6. The summed E-state index contributed by atoms with van der Waals surface area (Å²) in [6.45, 7) is 1.74. The van der Waals surface area contributed by atoms with Crippen LogP contribution < -0.4 is 4.90 Å². The van der Waals surface area contributed by atoms with Crippen molar-refractivity contribution in [3.63, 3.8) is 0 Å². The maximum atomic E-state index is 12.4. The highest BCUT2D eigenvalue weighted by Crippen LogP contribution is 2.32. The minimum atomic E-state index is -0.630. The second-order valence-corrected chi connectivity index (χ2v) is 5.40. The van der Waals surface area contributed by atoms with Crippen molar-refractivity contribution in [2.24, 2.45) is 0 Å². The van der Waals surface area contributed by atoms with Crippen LogP contribution in [-0.2, 0) is 9.47 Å². The Bertz CT molecular complexity index is 770. The molecular weight excluding hydrogens is 308 g/mol. The summed E-state index contributed by atoms with van der Waals surface area (Å²) < 4.78 is 9.73. The van der Waals surface area contributed by atoms with Gasteiger partial charge in [0.1, 0.15) is 11.4 Å². The number of benzene rings is 1. The van der Waals surface area contributed by atoms with Gasteiger partial charge in [-0.2, -0.15) is 0 Å². The average molecular weight is 328 g/mol. The van der Waals surface area contributed by atoms with E-state index in [4.69, 9.17) is 9.47 Å². The number of aromatic nitrogens is 1. The topological polar surface area (TPSA) is 68.7 Å². The van der Waals surface area contributed by atoms with Gasteiger partial charge < -0.3 is 14.4 Å². The second-order valence-electron chi connectivity index (χ2n) is 5.40. The summed E-state index contributed by atoms with van der Waals surface area (Å²) in [6, 6.07) is 9.46. The van der Waals surface area contributed by atoms with Gasteiger partial charge in [-0.3, -0.25) is 0 Å². The Morgan fingerprint density at radius 3 is 2.00 bits per heavy atom. The first-order valence-corrected chi connectivity index (χ1v) is 7.36. The fourth-order valence-corrected chi connectivity index (χ4v) is 2.52. The van der Waals surface area contributed by atoms with Crippen LogP contribution in [0.3, 0.4) is 0 Å². The quantitative estimate of drug-likeness (QED) is 0.804. The predicted octanol–water partition coefficient (Wildman–Crippen LogP) is 2.70. The van der Waals surface area contributed by atoms with Gasteiger partial charge in [-0.25, -0.2) is 14.6 Å². The standard InChI is InChI=1S/C18H20N2O4/c1-11-13(17(21)23-4)14(18(22)24-5)16(20(2)3)19-15(11)12-9-7-6-8-10-12/h6-10H,1-5H3. The third-order valence-corrected chi connectivity index (χ3v) is 3.67. The Morgan fingerprint density at radius 2 is 1.50 bits per heavy atom. The highest BCUT2D eigenvalue weighted by molar-refractivity contribution is 6.08. The molecule has 0 aliphatic carbocycles. The molecule has 0 aliphatic rings. The van der Waals surface area contributed by atoms with Crippen molar-refractivity contribution in [1.82, 2.24) is 4.98 Å². The van der Waals surface area contributed by atoms with Crippen molar-refractivity contribution in [1.29, 1.82) is 0 Å². The lowest BCUT2D eigenvalue weighted by atomic mass is 9.97. The Labute approximate surface area is 141 Å². The summed E-state index contributed by atoms with van der Waals surface area (Å²) >= 11 is 0. The summed E-state index contributed by atoms with van der Waals surface area (Å²) in [5.41, 5.74) is 2.31. The molecule has 0 atom stereocenters. The average Bonchev–Trinajstić information content (AvgIpc) is 2.60. The van der Waals surface area contributed by atoms with E-state index in [1.807, 2.05) is 30.3 Å². The minimum Gasteiger partial charge on any atom is -0.465 e. The Kier molecular flexibility index (Phi) is 5.18. The zero-order valence-corrected chi connectivity index (χ0v) is 14.4. The summed E-state index contributed by atoms with van der Waals surface area (Å²) in [7, 11) is 6.05. The molecule has 0 amide bonds. The molecule has 0 unspecified atom stereocenters. The minimum absolute atomic E-state index is 0.103. The van der Waals surface area contributed by atoms with Gasteiger partial charge in [0.2, 0.25) is 0 Å². The van der Waals surface area contributed by atoms with Crippen LogP contribution in [0.15, 0.2) is 30.3 Å². The summed E-state index contributed by atoms with van der Waals surface area (Å²) in [4.78, 5) is 30.9. The molecule has 6 heteroatoms. The van der Waals surface area contributed by atoms with E-state index in [0.717, 1.165) is 5.56 Å². The van der Waals surface area contributed by atoms with Crippen molar-refractivity contribution < 1.29 is 19.1 Å². The van der Waals surface area contributed by atoms with E-state index in [0.29, 0.717) is 17.1 Å². The number of esters is 2. The largest absolute Gasteiger partial charge is 0.465 e. The number of hydrogen-bond donors (Lipinski definition) is 0. The van der Waals surface area contributed by atoms with Crippen LogP contribution in [-0.4, -0.2) is 45.2 Å². The zero-order chi connectivity index (χ0) is 17.9. The van der Waals surface area contributed by atoms with E-state index in [9.17, 15) is 9.59 Å². The van der Waals surface area contributed by atoms with Gasteiger partial charge >= 0.3 is 11.9 Å². The SMILES string of the molecule is COC(=O)c1c(N(C)C)nc(-c2ccccc2)c(C)c1C(=O)OC. The van der Waals surface area contributed by atoms with Crippen LogP contribution in [0, 0.1) is 6.92 Å². The summed E-state index contributed by atoms with van der Waals surface area (Å²) in [6.07, 6.45) is 0. The molecule has 0 N–H and O–H groups in total. The maximum Gasteiger partial charge on any atom is 0.342 e. The highest BCUT2D eigenvalue weighted by atomic mass is 16.5. The number of nitrogens with zero attached hydrogens (tertiary/aromatic N) is 2. The number of carbonyl (C=O) groups excluding carboxylic acids is 2. The van der Waals surface area contributed by atoms with Crippen molar-refractivity contribution in [3.05, 3.63) is 47.0 Å². The lowest BCUT2D eigenvalue weighted by Crippen LogP contribution is -2.22. The highest BCUT2D eigenvalue weighted by Gasteiger charge is 2.29. The van der Waals surface area contributed by atoms with Crippen LogP contribution in [0.25, 0.3) is 11.3 Å². The van der Waals surface area contributed by atoms with Gasteiger partial charge in [-0.1, -0.05) is 30.3 Å². The molecule has 6 nitrogen and oxygen atoms in total. The van der Waals surface area contributed by atoms with E-state index in [1.165, 1.54) is 14.2 Å². The molecule has 2 aromatic rings. The molecule has 1 aromatic carbocycles. The third kappa shape index (κ3) is 3.08. The number of pyridine rings is 1. The van der Waals surface area contributed by atoms with Crippen molar-refractivity contribution in [2.45, 2.75) is 6.92 Å². The Hall–Kier alpha value is -2.89. The number of rotatable bonds is 4. The van der Waals surface area contributed by atoms with Crippen molar-refractivity contribution >= 4 is 17.8 Å². The van der Waals surface area contributed by atoms with Crippen LogP contribution in [0.4, 0.5) is 5.82 Å². The maximum absolute atomic E-state index is 12.4. The molecule has 0 saturated carbocycles. The van der Waals surface area contributed by atoms with Crippen LogP contribution in [0.5, 0.6) is 0 Å². The predicted molar refractivity (Wildman–Crippen MR) is 91.4 cm³/mol. The number of ether oxygens (including phenoxy) is 2. The molecule has 2 rings (SSSR count). The third-order valence-electron chi connectivity index (χ3n) is 3.67. The molecule has 0 radical (unpaired) electrons. The van der Waals surface area contributed by atoms with Gasteiger partial charge in [0.05, 0.1) is 25.5 Å². The second kappa shape index (κ2) is 7.12. The van der Waals surface area contributed by atoms with E-state index >= 15 is 0 Å². The summed E-state index contributed by atoms with van der Waals surface area (Å²) in [5, 5.41) is 0. The first-order chi connectivity index (χ1) is 11.4. The number of carbonyl (C=O) groups is 2.